The number of benzene rings is 2. The van der Waals surface area contributed by atoms with E-state index in [1.165, 1.54) is 57.2 Å². The van der Waals surface area contributed by atoms with Crippen LogP contribution < -0.4 is 5.32 Å². The average molecular weight is 349 g/mol. The number of hydrogen-bond donors (Lipinski definition) is 1. The van der Waals surface area contributed by atoms with Crippen molar-refractivity contribution >= 4 is 0 Å². The van der Waals surface area contributed by atoms with Crippen molar-refractivity contribution in [2.45, 2.75) is 63.1 Å². The summed E-state index contributed by atoms with van der Waals surface area (Å²) >= 11 is 0. The molecule has 1 saturated carbocycles. The molecule has 2 unspecified atom stereocenters. The summed E-state index contributed by atoms with van der Waals surface area (Å²) in [6, 6.07) is 23.5. The highest BCUT2D eigenvalue weighted by atomic mass is 15.2. The molecule has 0 bridgehead atoms. The summed E-state index contributed by atoms with van der Waals surface area (Å²) in [5.74, 6) is 0.735. The van der Waals surface area contributed by atoms with Crippen LogP contribution in [0.1, 0.15) is 55.6 Å². The molecule has 2 aromatic rings. The first-order valence-corrected chi connectivity index (χ1v) is 10.5. The molecule has 2 heteroatoms. The molecule has 1 aliphatic carbocycles. The lowest BCUT2D eigenvalue weighted by Gasteiger charge is -2.43. The summed E-state index contributed by atoms with van der Waals surface area (Å²) < 4.78 is 0. The first-order valence-electron chi connectivity index (χ1n) is 10.5. The maximum atomic E-state index is 3.78. The van der Waals surface area contributed by atoms with E-state index in [1.807, 2.05) is 0 Å². The molecule has 1 saturated heterocycles. The average Bonchev–Trinajstić information content (AvgIpc) is 2.74. The van der Waals surface area contributed by atoms with Crippen LogP contribution in [0.25, 0.3) is 0 Å². The summed E-state index contributed by atoms with van der Waals surface area (Å²) in [7, 11) is 0. The lowest BCUT2D eigenvalue weighted by atomic mass is 9.78. The van der Waals surface area contributed by atoms with Gasteiger partial charge in [0.1, 0.15) is 0 Å². The van der Waals surface area contributed by atoms with Crippen LogP contribution in [0.5, 0.6) is 0 Å². The number of rotatable bonds is 5. The van der Waals surface area contributed by atoms with E-state index in [4.69, 9.17) is 0 Å². The second-order valence-corrected chi connectivity index (χ2v) is 8.05. The molecule has 0 amide bonds. The van der Waals surface area contributed by atoms with E-state index < -0.39 is 0 Å². The standard InChI is InChI=1S/C24H32N2/c1-3-9-20(10-4-1)19-25-22-15-17-26(18-16-22)24-14-8-7-13-23(24)21-11-5-2-6-12-21/h1-6,9-12,22-25H,7-8,13-19H2. The minimum absolute atomic E-state index is 0.672. The maximum absolute atomic E-state index is 3.78. The Hall–Kier alpha value is -1.64. The SMILES string of the molecule is c1ccc(CNC2CCN(C3CCCCC3c3ccccc3)CC2)cc1. The van der Waals surface area contributed by atoms with Crippen LogP contribution in [0.4, 0.5) is 0 Å². The van der Waals surface area contributed by atoms with Crippen molar-refractivity contribution in [3.63, 3.8) is 0 Å². The summed E-state index contributed by atoms with van der Waals surface area (Å²) in [5.41, 5.74) is 2.95. The monoisotopic (exact) mass is 348 g/mol. The van der Waals surface area contributed by atoms with Crippen molar-refractivity contribution < 1.29 is 0 Å². The van der Waals surface area contributed by atoms with Gasteiger partial charge in [0.15, 0.2) is 0 Å². The van der Waals surface area contributed by atoms with Gasteiger partial charge in [-0.25, -0.2) is 0 Å². The molecule has 1 aliphatic heterocycles. The Morgan fingerprint density at radius 1 is 0.769 bits per heavy atom. The molecule has 4 rings (SSSR count). The van der Waals surface area contributed by atoms with Gasteiger partial charge in [-0.2, -0.15) is 0 Å². The molecular weight excluding hydrogens is 316 g/mol. The predicted octanol–water partition coefficient (Wildman–Crippen LogP) is 4.97. The highest BCUT2D eigenvalue weighted by Crippen LogP contribution is 2.37. The third-order valence-electron chi connectivity index (χ3n) is 6.39. The number of piperidine rings is 1. The molecule has 2 nitrogen and oxygen atoms in total. The fourth-order valence-corrected chi connectivity index (χ4v) is 4.93. The Labute approximate surface area is 158 Å². The second kappa shape index (κ2) is 8.83. The first-order chi connectivity index (χ1) is 12.9. The van der Waals surface area contributed by atoms with E-state index >= 15 is 0 Å². The Morgan fingerprint density at radius 3 is 2.15 bits per heavy atom. The zero-order chi connectivity index (χ0) is 17.6. The van der Waals surface area contributed by atoms with Crippen LogP contribution >= 0.6 is 0 Å². The number of nitrogens with zero attached hydrogens (tertiary/aromatic N) is 1. The zero-order valence-electron chi connectivity index (χ0n) is 15.8. The molecular formula is C24H32N2. The van der Waals surface area contributed by atoms with Crippen molar-refractivity contribution in [1.82, 2.24) is 10.2 Å². The summed E-state index contributed by atoms with van der Waals surface area (Å²) in [4.78, 5) is 2.80. The van der Waals surface area contributed by atoms with Gasteiger partial charge in [0.05, 0.1) is 0 Å². The van der Waals surface area contributed by atoms with Crippen LogP contribution in [0.2, 0.25) is 0 Å². The lowest BCUT2D eigenvalue weighted by Crippen LogP contribution is -2.49. The van der Waals surface area contributed by atoms with Gasteiger partial charge in [0.25, 0.3) is 0 Å². The lowest BCUT2D eigenvalue weighted by molar-refractivity contribution is 0.0998. The van der Waals surface area contributed by atoms with E-state index in [0.29, 0.717) is 6.04 Å². The fraction of sp³-hybridized carbons (Fsp3) is 0.500. The van der Waals surface area contributed by atoms with Gasteiger partial charge in [0.2, 0.25) is 0 Å². The molecule has 1 heterocycles. The first kappa shape index (κ1) is 17.8. The van der Waals surface area contributed by atoms with E-state index in [9.17, 15) is 0 Å². The Kier molecular flexibility index (Phi) is 6.03. The number of nitrogens with one attached hydrogen (secondary N) is 1. The third-order valence-corrected chi connectivity index (χ3v) is 6.39. The predicted molar refractivity (Wildman–Crippen MR) is 109 cm³/mol. The van der Waals surface area contributed by atoms with E-state index in [2.05, 4.69) is 70.9 Å². The Balaban J connectivity index is 1.31. The minimum atomic E-state index is 0.672. The largest absolute Gasteiger partial charge is 0.310 e. The Bertz CT molecular complexity index is 646. The van der Waals surface area contributed by atoms with Crippen LogP contribution in [0.3, 0.4) is 0 Å². The van der Waals surface area contributed by atoms with Gasteiger partial charge in [-0.15, -0.1) is 0 Å². The highest BCUT2D eigenvalue weighted by Gasteiger charge is 2.33. The molecule has 2 aliphatic rings. The minimum Gasteiger partial charge on any atom is -0.310 e. The van der Waals surface area contributed by atoms with Gasteiger partial charge < -0.3 is 5.32 Å². The summed E-state index contributed by atoms with van der Waals surface area (Å²) in [6.07, 6.45) is 8.10. The van der Waals surface area contributed by atoms with Gasteiger partial charge in [-0.05, 0) is 55.8 Å². The molecule has 0 radical (unpaired) electrons. The number of likely N-dealkylation sites (tertiary alicyclic amines) is 1. The number of hydrogen-bond acceptors (Lipinski definition) is 2. The Morgan fingerprint density at radius 2 is 1.42 bits per heavy atom. The molecule has 2 aromatic carbocycles. The van der Waals surface area contributed by atoms with Crippen molar-refractivity contribution in [3.8, 4) is 0 Å². The van der Waals surface area contributed by atoms with Gasteiger partial charge >= 0.3 is 0 Å². The van der Waals surface area contributed by atoms with Gasteiger partial charge in [-0.1, -0.05) is 73.5 Å². The molecule has 26 heavy (non-hydrogen) atoms. The zero-order valence-corrected chi connectivity index (χ0v) is 15.8. The van der Waals surface area contributed by atoms with Gasteiger partial charge in [-0.3, -0.25) is 4.90 Å². The van der Waals surface area contributed by atoms with E-state index in [-0.39, 0.29) is 0 Å². The third kappa shape index (κ3) is 4.36. The van der Waals surface area contributed by atoms with E-state index in [0.717, 1.165) is 18.5 Å². The normalized spacial score (nSPS) is 25.2. The smallest absolute Gasteiger partial charge is 0.0208 e. The van der Waals surface area contributed by atoms with Gasteiger partial charge in [0, 0.05) is 18.6 Å². The van der Waals surface area contributed by atoms with Crippen LogP contribution in [0, 0.1) is 0 Å². The van der Waals surface area contributed by atoms with Crippen molar-refractivity contribution in [3.05, 3.63) is 71.8 Å². The fourth-order valence-electron chi connectivity index (χ4n) is 4.93. The van der Waals surface area contributed by atoms with E-state index in [1.54, 1.807) is 5.56 Å². The molecule has 0 aromatic heterocycles. The second-order valence-electron chi connectivity index (χ2n) is 8.05. The molecule has 138 valence electrons. The van der Waals surface area contributed by atoms with Crippen molar-refractivity contribution in [1.29, 1.82) is 0 Å². The topological polar surface area (TPSA) is 15.3 Å². The summed E-state index contributed by atoms with van der Waals surface area (Å²) in [6.45, 7) is 3.50. The summed E-state index contributed by atoms with van der Waals surface area (Å²) in [5, 5.41) is 3.78. The molecule has 1 N–H and O–H groups in total. The highest BCUT2D eigenvalue weighted by molar-refractivity contribution is 5.22. The van der Waals surface area contributed by atoms with Crippen molar-refractivity contribution in [2.24, 2.45) is 0 Å². The molecule has 2 fully saturated rings. The quantitative estimate of drug-likeness (QED) is 0.821. The van der Waals surface area contributed by atoms with Crippen LogP contribution in [0.15, 0.2) is 60.7 Å². The maximum Gasteiger partial charge on any atom is 0.0208 e. The van der Waals surface area contributed by atoms with Crippen LogP contribution in [-0.4, -0.2) is 30.1 Å². The van der Waals surface area contributed by atoms with Crippen LogP contribution in [-0.2, 0) is 6.54 Å². The van der Waals surface area contributed by atoms with Crippen molar-refractivity contribution in [2.75, 3.05) is 13.1 Å². The molecule has 2 atom stereocenters. The molecule has 0 spiro atoms.